The molecule has 0 saturated carbocycles. The van der Waals surface area contributed by atoms with Crippen molar-refractivity contribution in [2.24, 2.45) is 11.7 Å². The number of sulfonamides is 1. The second-order valence-corrected chi connectivity index (χ2v) is 7.17. The van der Waals surface area contributed by atoms with Crippen molar-refractivity contribution in [1.29, 1.82) is 0 Å². The zero-order valence-electron chi connectivity index (χ0n) is 11.0. The standard InChI is InChI=1S/C12H16ClN3O3S/c1-8-2-3-9(12(14)17)7-16(8)20(18,19)11-6-15-5-4-10(11)13/h4-6,8-9H,2-3,7H2,1H3,(H2,14,17). The van der Waals surface area contributed by atoms with Crippen molar-refractivity contribution in [3.05, 3.63) is 23.5 Å². The maximum atomic E-state index is 12.6. The molecule has 2 heterocycles. The Hall–Kier alpha value is -1.18. The zero-order valence-corrected chi connectivity index (χ0v) is 12.6. The zero-order chi connectivity index (χ0) is 14.9. The Labute approximate surface area is 123 Å². The summed E-state index contributed by atoms with van der Waals surface area (Å²) >= 11 is 5.94. The molecule has 1 aliphatic heterocycles. The third-order valence-electron chi connectivity index (χ3n) is 3.55. The van der Waals surface area contributed by atoms with Gasteiger partial charge in [-0.3, -0.25) is 9.78 Å². The molecule has 20 heavy (non-hydrogen) atoms. The molecule has 0 radical (unpaired) electrons. The Morgan fingerprint density at radius 3 is 2.80 bits per heavy atom. The molecule has 1 saturated heterocycles. The van der Waals surface area contributed by atoms with E-state index in [2.05, 4.69) is 4.98 Å². The maximum Gasteiger partial charge on any atom is 0.246 e. The summed E-state index contributed by atoms with van der Waals surface area (Å²) in [5.74, 6) is -0.939. The van der Waals surface area contributed by atoms with Crippen molar-refractivity contribution >= 4 is 27.5 Å². The maximum absolute atomic E-state index is 12.6. The van der Waals surface area contributed by atoms with Gasteiger partial charge in [-0.05, 0) is 25.8 Å². The van der Waals surface area contributed by atoms with Crippen molar-refractivity contribution < 1.29 is 13.2 Å². The van der Waals surface area contributed by atoms with Gasteiger partial charge in [-0.1, -0.05) is 11.6 Å². The number of rotatable bonds is 3. The highest BCUT2D eigenvalue weighted by Crippen LogP contribution is 2.30. The molecule has 0 aromatic carbocycles. The average molecular weight is 318 g/mol. The van der Waals surface area contributed by atoms with E-state index in [0.717, 1.165) is 0 Å². The summed E-state index contributed by atoms with van der Waals surface area (Å²) in [5, 5.41) is 0.119. The molecule has 1 aliphatic rings. The summed E-state index contributed by atoms with van der Waals surface area (Å²) in [6, 6.07) is 1.22. The molecule has 0 bridgehead atoms. The van der Waals surface area contributed by atoms with Gasteiger partial charge in [0.15, 0.2) is 0 Å². The fourth-order valence-electron chi connectivity index (χ4n) is 2.32. The molecule has 0 aliphatic carbocycles. The van der Waals surface area contributed by atoms with E-state index >= 15 is 0 Å². The van der Waals surface area contributed by atoms with E-state index in [1.165, 1.54) is 22.8 Å². The molecule has 2 rings (SSSR count). The van der Waals surface area contributed by atoms with Crippen LogP contribution in [0.25, 0.3) is 0 Å². The molecule has 0 spiro atoms. The molecule has 1 fully saturated rings. The number of nitrogens with two attached hydrogens (primary N) is 1. The van der Waals surface area contributed by atoms with Gasteiger partial charge >= 0.3 is 0 Å². The molecular formula is C12H16ClN3O3S. The number of hydrogen-bond donors (Lipinski definition) is 1. The van der Waals surface area contributed by atoms with Crippen molar-refractivity contribution in [3.63, 3.8) is 0 Å². The average Bonchev–Trinajstić information content (AvgIpc) is 2.39. The molecule has 6 nitrogen and oxygen atoms in total. The summed E-state index contributed by atoms with van der Waals surface area (Å²) in [5.41, 5.74) is 5.29. The fourth-order valence-corrected chi connectivity index (χ4v) is 4.44. The first-order valence-electron chi connectivity index (χ1n) is 6.24. The second kappa shape index (κ2) is 5.67. The summed E-state index contributed by atoms with van der Waals surface area (Å²) in [6.45, 7) is 1.89. The van der Waals surface area contributed by atoms with Gasteiger partial charge in [-0.15, -0.1) is 0 Å². The highest BCUT2D eigenvalue weighted by atomic mass is 35.5. The normalized spacial score (nSPS) is 24.5. The summed E-state index contributed by atoms with van der Waals surface area (Å²) in [6.07, 6.45) is 3.83. The number of halogens is 1. The predicted molar refractivity (Wildman–Crippen MR) is 74.5 cm³/mol. The minimum absolute atomic E-state index is 0.0429. The first-order valence-corrected chi connectivity index (χ1v) is 8.06. The van der Waals surface area contributed by atoms with Crippen LogP contribution in [0.2, 0.25) is 5.02 Å². The number of primary amides is 1. The van der Waals surface area contributed by atoms with Crippen LogP contribution in [0.5, 0.6) is 0 Å². The van der Waals surface area contributed by atoms with Gasteiger partial charge in [0.05, 0.1) is 10.9 Å². The van der Waals surface area contributed by atoms with E-state index in [4.69, 9.17) is 17.3 Å². The lowest BCUT2D eigenvalue weighted by Crippen LogP contribution is -2.48. The highest BCUT2D eigenvalue weighted by Gasteiger charge is 2.37. The Bertz CT molecular complexity index is 620. The van der Waals surface area contributed by atoms with Crippen LogP contribution < -0.4 is 5.73 Å². The van der Waals surface area contributed by atoms with Crippen LogP contribution in [-0.2, 0) is 14.8 Å². The summed E-state index contributed by atoms with van der Waals surface area (Å²) < 4.78 is 26.6. The molecule has 110 valence electrons. The Kier molecular flexibility index (Phi) is 4.31. The van der Waals surface area contributed by atoms with Gasteiger partial charge in [0.25, 0.3) is 0 Å². The Morgan fingerprint density at radius 1 is 1.50 bits per heavy atom. The Balaban J connectivity index is 2.37. The molecule has 2 atom stereocenters. The van der Waals surface area contributed by atoms with Gasteiger partial charge in [0.1, 0.15) is 4.90 Å². The van der Waals surface area contributed by atoms with Gasteiger partial charge in [0.2, 0.25) is 15.9 Å². The SMILES string of the molecule is CC1CCC(C(N)=O)CN1S(=O)(=O)c1cnccc1Cl. The summed E-state index contributed by atoms with van der Waals surface area (Å²) in [7, 11) is -3.78. The number of piperidine rings is 1. The minimum atomic E-state index is -3.78. The van der Waals surface area contributed by atoms with Crippen LogP contribution in [0.4, 0.5) is 0 Å². The number of carbonyl (C=O) groups excluding carboxylic acids is 1. The summed E-state index contributed by atoms with van der Waals surface area (Å²) in [4.78, 5) is 15.1. The first kappa shape index (κ1) is 15.2. The Morgan fingerprint density at radius 2 is 2.20 bits per heavy atom. The smallest absolute Gasteiger partial charge is 0.246 e. The fraction of sp³-hybridized carbons (Fsp3) is 0.500. The second-order valence-electron chi connectivity index (χ2n) is 4.91. The van der Waals surface area contributed by atoms with E-state index in [1.807, 2.05) is 0 Å². The van der Waals surface area contributed by atoms with Crippen molar-refractivity contribution in [3.8, 4) is 0 Å². The number of aromatic nitrogens is 1. The quantitative estimate of drug-likeness (QED) is 0.900. The van der Waals surface area contributed by atoms with E-state index in [1.54, 1.807) is 6.92 Å². The van der Waals surface area contributed by atoms with E-state index in [0.29, 0.717) is 12.8 Å². The largest absolute Gasteiger partial charge is 0.369 e. The van der Waals surface area contributed by atoms with Crippen molar-refractivity contribution in [2.75, 3.05) is 6.54 Å². The molecule has 2 unspecified atom stereocenters. The van der Waals surface area contributed by atoms with Crippen LogP contribution in [-0.4, -0.2) is 36.2 Å². The number of hydrogen-bond acceptors (Lipinski definition) is 4. The monoisotopic (exact) mass is 317 g/mol. The van der Waals surface area contributed by atoms with Crippen LogP contribution in [0, 0.1) is 5.92 Å². The van der Waals surface area contributed by atoms with Gasteiger partial charge in [0, 0.05) is 25.0 Å². The molecule has 1 aromatic rings. The van der Waals surface area contributed by atoms with Crippen LogP contribution >= 0.6 is 11.6 Å². The van der Waals surface area contributed by atoms with Crippen molar-refractivity contribution in [1.82, 2.24) is 9.29 Å². The van der Waals surface area contributed by atoms with E-state index in [9.17, 15) is 13.2 Å². The van der Waals surface area contributed by atoms with Crippen molar-refractivity contribution in [2.45, 2.75) is 30.7 Å². The highest BCUT2D eigenvalue weighted by molar-refractivity contribution is 7.89. The minimum Gasteiger partial charge on any atom is -0.369 e. The molecule has 1 aromatic heterocycles. The van der Waals surface area contributed by atoms with Gasteiger partial charge < -0.3 is 5.73 Å². The third-order valence-corrected chi connectivity index (χ3v) is 6.00. The molecular weight excluding hydrogens is 302 g/mol. The number of pyridine rings is 1. The van der Waals surface area contributed by atoms with Gasteiger partial charge in [-0.25, -0.2) is 8.42 Å². The van der Waals surface area contributed by atoms with Crippen LogP contribution in [0.3, 0.4) is 0 Å². The predicted octanol–water partition coefficient (Wildman–Crippen LogP) is 1.01. The number of carbonyl (C=O) groups is 1. The first-order chi connectivity index (χ1) is 9.34. The van der Waals surface area contributed by atoms with E-state index in [-0.39, 0.29) is 22.5 Å². The van der Waals surface area contributed by atoms with Crippen LogP contribution in [0.1, 0.15) is 19.8 Å². The molecule has 1 amide bonds. The number of amides is 1. The lowest BCUT2D eigenvalue weighted by Gasteiger charge is -2.35. The molecule has 2 N–H and O–H groups in total. The lowest BCUT2D eigenvalue weighted by atomic mass is 9.95. The number of nitrogens with zero attached hydrogens (tertiary/aromatic N) is 2. The topological polar surface area (TPSA) is 93.4 Å². The van der Waals surface area contributed by atoms with Crippen LogP contribution in [0.15, 0.2) is 23.4 Å². The van der Waals surface area contributed by atoms with E-state index < -0.39 is 21.8 Å². The molecule has 8 heteroatoms. The lowest BCUT2D eigenvalue weighted by molar-refractivity contribution is -0.123. The third kappa shape index (κ3) is 2.79. The van der Waals surface area contributed by atoms with Gasteiger partial charge in [-0.2, -0.15) is 4.31 Å².